The number of carbonyl (C=O) groups excluding carboxylic acids is 1. The Balaban J connectivity index is 1.48. The van der Waals surface area contributed by atoms with E-state index in [-0.39, 0.29) is 11.0 Å². The van der Waals surface area contributed by atoms with Crippen LogP contribution in [0.1, 0.15) is 21.5 Å². The molecule has 4 rings (SSSR count). The van der Waals surface area contributed by atoms with Gasteiger partial charge < -0.3 is 9.73 Å². The number of oxazole rings is 1. The Morgan fingerprint density at radius 3 is 2.72 bits per heavy atom. The van der Waals surface area contributed by atoms with Crippen molar-refractivity contribution in [3.63, 3.8) is 0 Å². The van der Waals surface area contributed by atoms with Crippen molar-refractivity contribution in [2.24, 2.45) is 0 Å². The molecule has 0 unspecified atom stereocenters. The summed E-state index contributed by atoms with van der Waals surface area (Å²) >= 11 is 5.30. The van der Waals surface area contributed by atoms with Gasteiger partial charge in [-0.3, -0.25) is 10.1 Å². The molecule has 2 aromatic heterocycles. The topological polar surface area (TPSA) is 80.0 Å². The molecule has 4 aromatic rings. The van der Waals surface area contributed by atoms with Crippen molar-refractivity contribution in [1.82, 2.24) is 15.3 Å². The average Bonchev–Trinajstić information content (AvgIpc) is 3.12. The first-order chi connectivity index (χ1) is 14.0. The van der Waals surface area contributed by atoms with Crippen LogP contribution in [0.4, 0.5) is 5.69 Å². The third-order valence-corrected chi connectivity index (χ3v) is 4.59. The van der Waals surface area contributed by atoms with Crippen molar-refractivity contribution in [2.75, 3.05) is 5.32 Å². The van der Waals surface area contributed by atoms with Crippen LogP contribution < -0.4 is 10.6 Å². The van der Waals surface area contributed by atoms with E-state index < -0.39 is 0 Å². The third kappa shape index (κ3) is 4.14. The second-order valence-corrected chi connectivity index (χ2v) is 7.06. The molecule has 0 aliphatic heterocycles. The molecule has 0 aliphatic rings. The molecule has 2 heterocycles. The number of nitrogens with zero attached hydrogens (tertiary/aromatic N) is 2. The number of anilines is 1. The first-order valence-corrected chi connectivity index (χ1v) is 9.42. The number of carbonyl (C=O) groups is 1. The summed E-state index contributed by atoms with van der Waals surface area (Å²) < 4.78 is 5.76. The molecule has 0 spiro atoms. The van der Waals surface area contributed by atoms with Gasteiger partial charge in [-0.05, 0) is 68.0 Å². The van der Waals surface area contributed by atoms with E-state index in [0.29, 0.717) is 28.4 Å². The summed E-state index contributed by atoms with van der Waals surface area (Å²) in [6, 6.07) is 16.7. The van der Waals surface area contributed by atoms with E-state index >= 15 is 0 Å². The van der Waals surface area contributed by atoms with Crippen LogP contribution >= 0.6 is 12.2 Å². The van der Waals surface area contributed by atoms with Gasteiger partial charge >= 0.3 is 0 Å². The maximum absolute atomic E-state index is 12.5. The predicted molar refractivity (Wildman–Crippen MR) is 117 cm³/mol. The van der Waals surface area contributed by atoms with Gasteiger partial charge in [0.05, 0.1) is 0 Å². The minimum absolute atomic E-state index is 0.214. The van der Waals surface area contributed by atoms with Crippen molar-refractivity contribution >= 4 is 40.2 Å². The maximum atomic E-state index is 12.5. The highest BCUT2D eigenvalue weighted by atomic mass is 32.1. The van der Waals surface area contributed by atoms with Gasteiger partial charge in [0.25, 0.3) is 5.91 Å². The summed E-state index contributed by atoms with van der Waals surface area (Å²) in [6.45, 7) is 3.89. The molecule has 0 fully saturated rings. The Morgan fingerprint density at radius 1 is 1.07 bits per heavy atom. The Bertz CT molecular complexity index is 1200. The zero-order valence-corrected chi connectivity index (χ0v) is 16.7. The number of hydrogen-bond acceptors (Lipinski definition) is 5. The first-order valence-electron chi connectivity index (χ1n) is 9.01. The van der Waals surface area contributed by atoms with Crippen molar-refractivity contribution in [3.8, 4) is 11.5 Å². The Labute approximate surface area is 173 Å². The molecule has 0 saturated heterocycles. The molecule has 0 bridgehead atoms. The normalized spacial score (nSPS) is 10.7. The summed E-state index contributed by atoms with van der Waals surface area (Å²) in [5.41, 5.74) is 5.25. The lowest BCUT2D eigenvalue weighted by molar-refractivity contribution is 0.0977. The molecule has 1 amide bonds. The van der Waals surface area contributed by atoms with Gasteiger partial charge in [-0.25, -0.2) is 4.98 Å². The van der Waals surface area contributed by atoms with E-state index in [9.17, 15) is 4.79 Å². The molecule has 0 radical (unpaired) electrons. The molecular formula is C22H18N4O2S. The molecule has 0 aliphatic carbocycles. The molecule has 29 heavy (non-hydrogen) atoms. The monoisotopic (exact) mass is 402 g/mol. The minimum Gasteiger partial charge on any atom is -0.434 e. The quantitative estimate of drug-likeness (QED) is 0.486. The molecule has 0 atom stereocenters. The van der Waals surface area contributed by atoms with Crippen LogP contribution in [0.2, 0.25) is 0 Å². The number of aromatic nitrogens is 2. The van der Waals surface area contributed by atoms with Crippen molar-refractivity contribution in [2.45, 2.75) is 13.8 Å². The zero-order chi connectivity index (χ0) is 20.4. The summed E-state index contributed by atoms with van der Waals surface area (Å²) in [5.74, 6) is 0.216. The second-order valence-electron chi connectivity index (χ2n) is 6.65. The molecular weight excluding hydrogens is 384 g/mol. The van der Waals surface area contributed by atoms with Crippen LogP contribution in [-0.2, 0) is 0 Å². The van der Waals surface area contributed by atoms with E-state index in [1.807, 2.05) is 56.3 Å². The fourth-order valence-corrected chi connectivity index (χ4v) is 3.23. The summed E-state index contributed by atoms with van der Waals surface area (Å²) in [4.78, 5) is 21.1. The highest BCUT2D eigenvalue weighted by molar-refractivity contribution is 7.80. The number of fused-ring (bicyclic) bond motifs is 1. The molecule has 6 nitrogen and oxygen atoms in total. The van der Waals surface area contributed by atoms with Gasteiger partial charge in [-0.15, -0.1) is 0 Å². The lowest BCUT2D eigenvalue weighted by Crippen LogP contribution is -2.34. The van der Waals surface area contributed by atoms with E-state index in [1.54, 1.807) is 18.3 Å². The lowest BCUT2D eigenvalue weighted by atomic mass is 10.1. The van der Waals surface area contributed by atoms with Gasteiger partial charge in [-0.2, -0.15) is 4.98 Å². The standard InChI is InChI=1S/C22H18N4O2S/c1-13-8-9-17(14(2)11-13)20(27)26-22(29)24-16-6-3-5-15(12-16)21-25-19-18(28-21)7-4-10-23-19/h3-12H,1-2H3,(H2,24,26,27,29). The Morgan fingerprint density at radius 2 is 1.93 bits per heavy atom. The zero-order valence-electron chi connectivity index (χ0n) is 15.9. The van der Waals surface area contributed by atoms with E-state index in [4.69, 9.17) is 16.6 Å². The van der Waals surface area contributed by atoms with Crippen molar-refractivity contribution in [3.05, 3.63) is 77.5 Å². The number of aryl methyl sites for hydroxylation is 2. The molecule has 2 N–H and O–H groups in total. The molecule has 144 valence electrons. The van der Waals surface area contributed by atoms with Crippen LogP contribution in [-0.4, -0.2) is 21.0 Å². The second kappa shape index (κ2) is 7.81. The summed E-state index contributed by atoms with van der Waals surface area (Å²) in [6.07, 6.45) is 1.67. The minimum atomic E-state index is -0.249. The number of rotatable bonds is 3. The third-order valence-electron chi connectivity index (χ3n) is 4.39. The van der Waals surface area contributed by atoms with Crippen molar-refractivity contribution < 1.29 is 9.21 Å². The van der Waals surface area contributed by atoms with Gasteiger partial charge in [0.2, 0.25) is 5.89 Å². The van der Waals surface area contributed by atoms with Gasteiger partial charge in [0, 0.05) is 23.0 Å². The number of hydrogen-bond donors (Lipinski definition) is 2. The summed E-state index contributed by atoms with van der Waals surface area (Å²) in [5, 5.41) is 5.96. The molecule has 7 heteroatoms. The lowest BCUT2D eigenvalue weighted by Gasteiger charge is -2.11. The van der Waals surface area contributed by atoms with Crippen LogP contribution in [0.3, 0.4) is 0 Å². The van der Waals surface area contributed by atoms with Crippen LogP contribution in [0.15, 0.2) is 65.2 Å². The number of benzene rings is 2. The number of pyridine rings is 1. The van der Waals surface area contributed by atoms with E-state index in [1.165, 1.54) is 0 Å². The van der Waals surface area contributed by atoms with E-state index in [2.05, 4.69) is 20.6 Å². The van der Waals surface area contributed by atoms with Crippen LogP contribution in [0, 0.1) is 13.8 Å². The highest BCUT2D eigenvalue weighted by Crippen LogP contribution is 2.25. The predicted octanol–water partition coefficient (Wildman–Crippen LogP) is 4.63. The summed E-state index contributed by atoms with van der Waals surface area (Å²) in [7, 11) is 0. The fourth-order valence-electron chi connectivity index (χ4n) is 3.02. The maximum Gasteiger partial charge on any atom is 0.257 e. The van der Waals surface area contributed by atoms with Gasteiger partial charge in [-0.1, -0.05) is 23.8 Å². The van der Waals surface area contributed by atoms with Crippen LogP contribution in [0.5, 0.6) is 0 Å². The van der Waals surface area contributed by atoms with Gasteiger partial charge in [0.1, 0.15) is 0 Å². The largest absolute Gasteiger partial charge is 0.434 e. The van der Waals surface area contributed by atoms with Crippen LogP contribution in [0.25, 0.3) is 22.7 Å². The van der Waals surface area contributed by atoms with Crippen molar-refractivity contribution in [1.29, 1.82) is 0 Å². The van der Waals surface area contributed by atoms with Gasteiger partial charge in [0.15, 0.2) is 16.3 Å². The Hall–Kier alpha value is -3.58. The SMILES string of the molecule is Cc1ccc(C(=O)NC(=S)Nc2cccc(-c3nc4ncccc4o3)c2)c(C)c1. The molecule has 2 aromatic carbocycles. The highest BCUT2D eigenvalue weighted by Gasteiger charge is 2.12. The number of thiocarbonyl (C=S) groups is 1. The number of amides is 1. The average molecular weight is 402 g/mol. The number of nitrogens with one attached hydrogen (secondary N) is 2. The van der Waals surface area contributed by atoms with E-state index in [0.717, 1.165) is 16.7 Å². The fraction of sp³-hybridized carbons (Fsp3) is 0.0909. The molecule has 0 saturated carbocycles. The smallest absolute Gasteiger partial charge is 0.257 e. The Kier molecular flexibility index (Phi) is 5.05. The first kappa shape index (κ1) is 18.8.